The second kappa shape index (κ2) is 6.75. The molecular formula is C19H20N2O2. The van der Waals surface area contributed by atoms with E-state index in [0.717, 1.165) is 16.7 Å². The average Bonchev–Trinajstić information content (AvgIpc) is 3.03. The number of hydrogen-bond donors (Lipinski definition) is 1. The number of rotatable bonds is 5. The molecule has 1 aromatic heterocycles. The second-order valence-electron chi connectivity index (χ2n) is 5.98. The van der Waals surface area contributed by atoms with Crippen LogP contribution >= 0.6 is 0 Å². The van der Waals surface area contributed by atoms with Crippen molar-refractivity contribution in [3.8, 4) is 11.4 Å². The third-order valence-electron chi connectivity index (χ3n) is 3.81. The van der Waals surface area contributed by atoms with Crippen molar-refractivity contribution < 1.29 is 9.63 Å². The van der Waals surface area contributed by atoms with Crippen LogP contribution in [0.25, 0.3) is 11.4 Å². The fourth-order valence-corrected chi connectivity index (χ4v) is 2.43. The maximum atomic E-state index is 10.1. The molecule has 1 N–H and O–H groups in total. The zero-order chi connectivity index (χ0) is 16.2. The van der Waals surface area contributed by atoms with Gasteiger partial charge in [-0.15, -0.1) is 0 Å². The Balaban J connectivity index is 1.75. The van der Waals surface area contributed by atoms with E-state index in [2.05, 4.69) is 10.1 Å². The molecule has 0 aliphatic heterocycles. The van der Waals surface area contributed by atoms with Crippen LogP contribution in [0.5, 0.6) is 0 Å². The molecule has 23 heavy (non-hydrogen) atoms. The van der Waals surface area contributed by atoms with Crippen molar-refractivity contribution in [2.75, 3.05) is 0 Å². The van der Waals surface area contributed by atoms with Crippen LogP contribution in [0.1, 0.15) is 37.0 Å². The summed E-state index contributed by atoms with van der Waals surface area (Å²) in [7, 11) is 0. The van der Waals surface area contributed by atoms with Gasteiger partial charge in [0.15, 0.2) is 0 Å². The van der Waals surface area contributed by atoms with E-state index in [1.807, 2.05) is 68.4 Å². The lowest BCUT2D eigenvalue weighted by atomic mass is 9.98. The lowest BCUT2D eigenvalue weighted by Crippen LogP contribution is -2.04. The Kier molecular flexibility index (Phi) is 4.53. The number of hydrogen-bond acceptors (Lipinski definition) is 4. The molecule has 0 fully saturated rings. The largest absolute Gasteiger partial charge is 0.388 e. The Bertz CT molecular complexity index is 749. The van der Waals surface area contributed by atoms with Gasteiger partial charge in [-0.25, -0.2) is 0 Å². The van der Waals surface area contributed by atoms with Gasteiger partial charge in [-0.2, -0.15) is 4.98 Å². The van der Waals surface area contributed by atoms with Gasteiger partial charge in [0.05, 0.1) is 12.5 Å². The van der Waals surface area contributed by atoms with E-state index in [0.29, 0.717) is 18.1 Å². The summed E-state index contributed by atoms with van der Waals surface area (Å²) in [5.41, 5.74) is 2.92. The molecule has 0 radical (unpaired) electrons. The summed E-state index contributed by atoms with van der Waals surface area (Å²) >= 11 is 0. The summed E-state index contributed by atoms with van der Waals surface area (Å²) in [6, 6.07) is 17.7. The highest BCUT2D eigenvalue weighted by Gasteiger charge is 2.13. The van der Waals surface area contributed by atoms with Crippen molar-refractivity contribution in [2.24, 2.45) is 5.92 Å². The zero-order valence-electron chi connectivity index (χ0n) is 13.3. The van der Waals surface area contributed by atoms with E-state index in [1.54, 1.807) is 0 Å². The van der Waals surface area contributed by atoms with Crippen molar-refractivity contribution in [2.45, 2.75) is 26.4 Å². The molecule has 3 rings (SSSR count). The van der Waals surface area contributed by atoms with Crippen LogP contribution in [-0.4, -0.2) is 15.2 Å². The van der Waals surface area contributed by atoms with Gasteiger partial charge >= 0.3 is 0 Å². The van der Waals surface area contributed by atoms with Gasteiger partial charge in [0.25, 0.3) is 0 Å². The van der Waals surface area contributed by atoms with Crippen LogP contribution < -0.4 is 0 Å². The van der Waals surface area contributed by atoms with E-state index >= 15 is 0 Å². The van der Waals surface area contributed by atoms with Crippen LogP contribution in [0.3, 0.4) is 0 Å². The van der Waals surface area contributed by atoms with Gasteiger partial charge in [0, 0.05) is 5.56 Å². The Hall–Kier alpha value is -2.46. The zero-order valence-corrected chi connectivity index (χ0v) is 13.3. The number of aliphatic hydroxyl groups is 1. The van der Waals surface area contributed by atoms with Crippen LogP contribution in [0.15, 0.2) is 59.1 Å². The summed E-state index contributed by atoms with van der Waals surface area (Å²) < 4.78 is 5.33. The van der Waals surface area contributed by atoms with Crippen LogP contribution in [0.2, 0.25) is 0 Å². The molecule has 1 unspecified atom stereocenters. The SMILES string of the molecule is CC(C)C(O)c1ccc(-c2noc(Cc3ccccc3)n2)cc1. The third kappa shape index (κ3) is 3.66. The summed E-state index contributed by atoms with van der Waals surface area (Å²) in [6.07, 6.45) is 0.167. The number of nitrogens with zero attached hydrogens (tertiary/aromatic N) is 2. The molecule has 0 aliphatic carbocycles. The lowest BCUT2D eigenvalue weighted by Gasteiger charge is -2.14. The Morgan fingerprint density at radius 2 is 1.70 bits per heavy atom. The first-order valence-electron chi connectivity index (χ1n) is 7.78. The van der Waals surface area contributed by atoms with Crippen LogP contribution in [-0.2, 0) is 6.42 Å². The summed E-state index contributed by atoms with van der Waals surface area (Å²) in [5.74, 6) is 1.35. The highest BCUT2D eigenvalue weighted by atomic mass is 16.5. The molecule has 0 aliphatic rings. The fraction of sp³-hybridized carbons (Fsp3) is 0.263. The summed E-state index contributed by atoms with van der Waals surface area (Å²) in [4.78, 5) is 4.45. The highest BCUT2D eigenvalue weighted by Crippen LogP contribution is 2.24. The molecule has 2 aromatic carbocycles. The minimum absolute atomic E-state index is 0.184. The van der Waals surface area contributed by atoms with E-state index in [9.17, 15) is 5.11 Å². The van der Waals surface area contributed by atoms with Crippen molar-refractivity contribution in [1.29, 1.82) is 0 Å². The van der Waals surface area contributed by atoms with Gasteiger partial charge in [0.1, 0.15) is 0 Å². The smallest absolute Gasteiger partial charge is 0.231 e. The van der Waals surface area contributed by atoms with Crippen molar-refractivity contribution >= 4 is 0 Å². The molecule has 1 atom stereocenters. The molecule has 4 nitrogen and oxygen atoms in total. The predicted octanol–water partition coefficient (Wildman–Crippen LogP) is 4.02. The predicted molar refractivity (Wildman–Crippen MR) is 88.8 cm³/mol. The topological polar surface area (TPSA) is 59.2 Å². The van der Waals surface area contributed by atoms with Gasteiger partial charge in [-0.3, -0.25) is 0 Å². The maximum absolute atomic E-state index is 10.1. The maximum Gasteiger partial charge on any atom is 0.231 e. The van der Waals surface area contributed by atoms with Gasteiger partial charge < -0.3 is 9.63 Å². The van der Waals surface area contributed by atoms with Gasteiger partial charge in [-0.1, -0.05) is 73.6 Å². The van der Waals surface area contributed by atoms with Gasteiger partial charge in [-0.05, 0) is 17.0 Å². The average molecular weight is 308 g/mol. The molecule has 0 amide bonds. The van der Waals surface area contributed by atoms with Gasteiger partial charge in [0.2, 0.25) is 11.7 Å². The van der Waals surface area contributed by atoms with Crippen LogP contribution in [0, 0.1) is 5.92 Å². The van der Waals surface area contributed by atoms with E-state index < -0.39 is 6.10 Å². The van der Waals surface area contributed by atoms with Crippen molar-refractivity contribution in [1.82, 2.24) is 10.1 Å². The molecule has 0 saturated carbocycles. The minimum Gasteiger partial charge on any atom is -0.388 e. The first-order valence-corrected chi connectivity index (χ1v) is 7.78. The lowest BCUT2D eigenvalue weighted by molar-refractivity contribution is 0.127. The summed E-state index contributed by atoms with van der Waals surface area (Å²) in [6.45, 7) is 3.99. The molecule has 0 spiro atoms. The Morgan fingerprint density at radius 1 is 1.00 bits per heavy atom. The monoisotopic (exact) mass is 308 g/mol. The standard InChI is InChI=1S/C19H20N2O2/c1-13(2)18(22)15-8-10-16(11-9-15)19-20-17(23-21-19)12-14-6-4-3-5-7-14/h3-11,13,18,22H,12H2,1-2H3. The highest BCUT2D eigenvalue weighted by molar-refractivity contribution is 5.54. The molecular weight excluding hydrogens is 288 g/mol. The van der Waals surface area contributed by atoms with E-state index in [-0.39, 0.29) is 5.92 Å². The molecule has 4 heteroatoms. The first-order chi connectivity index (χ1) is 11.1. The Morgan fingerprint density at radius 3 is 2.35 bits per heavy atom. The first kappa shape index (κ1) is 15.4. The molecule has 0 saturated heterocycles. The Labute approximate surface area is 135 Å². The van der Waals surface area contributed by atoms with Crippen molar-refractivity contribution in [3.63, 3.8) is 0 Å². The number of benzene rings is 2. The second-order valence-corrected chi connectivity index (χ2v) is 5.98. The van der Waals surface area contributed by atoms with E-state index in [4.69, 9.17) is 4.52 Å². The third-order valence-corrected chi connectivity index (χ3v) is 3.81. The van der Waals surface area contributed by atoms with Crippen LogP contribution in [0.4, 0.5) is 0 Å². The van der Waals surface area contributed by atoms with E-state index in [1.165, 1.54) is 0 Å². The number of aromatic nitrogens is 2. The molecule has 118 valence electrons. The quantitative estimate of drug-likeness (QED) is 0.773. The molecule has 1 heterocycles. The van der Waals surface area contributed by atoms with Crippen molar-refractivity contribution in [3.05, 3.63) is 71.6 Å². The normalized spacial score (nSPS) is 12.5. The summed E-state index contributed by atoms with van der Waals surface area (Å²) in [5, 5.41) is 14.1. The number of aliphatic hydroxyl groups excluding tert-OH is 1. The molecule has 0 bridgehead atoms. The minimum atomic E-state index is -0.456. The molecule has 3 aromatic rings. The fourth-order valence-electron chi connectivity index (χ4n) is 2.43.